The molecule has 0 aliphatic carbocycles. The number of carbonyl (C=O) groups is 2. The van der Waals surface area contributed by atoms with Gasteiger partial charge in [0.15, 0.2) is 0 Å². The summed E-state index contributed by atoms with van der Waals surface area (Å²) in [4.78, 5) is 20.9. The molecule has 0 bridgehead atoms. The fraction of sp³-hybridized carbons (Fsp3) is 0.111. The molecule has 0 saturated carbocycles. The molecule has 0 heterocycles. The van der Waals surface area contributed by atoms with Crippen LogP contribution in [-0.2, 0) is 4.79 Å². The largest absolute Gasteiger partial charge is 0.412 e. The lowest BCUT2D eigenvalue weighted by Gasteiger charge is -2.03. The highest BCUT2D eigenvalue weighted by Crippen LogP contribution is 2.14. The number of hydrogen-bond donors (Lipinski definition) is 2. The number of hydrogen-bond acceptors (Lipinski definition) is 3. The summed E-state index contributed by atoms with van der Waals surface area (Å²) in [6.45, 7) is 0. The zero-order valence-corrected chi connectivity index (χ0v) is 7.61. The first kappa shape index (κ1) is 10.0. The fourth-order valence-electron chi connectivity index (χ4n) is 0.845. The minimum absolute atomic E-state index is 0.417. The number of carbonyl (C=O) groups excluding carboxylic acids is 2. The molecule has 74 valence electrons. The smallest absolute Gasteiger partial charge is 0.410 e. The third-order valence-electron chi connectivity index (χ3n) is 1.49. The monoisotopic (exact) mass is 194 g/mol. The molecule has 0 aliphatic rings. The highest BCUT2D eigenvalue weighted by atomic mass is 16.5. The van der Waals surface area contributed by atoms with Crippen molar-refractivity contribution in [2.75, 3.05) is 12.4 Å². The van der Waals surface area contributed by atoms with Crippen LogP contribution in [0.1, 0.15) is 0 Å². The second kappa shape index (κ2) is 4.86. The maximum atomic E-state index is 10.8. The Bertz CT molecular complexity index is 321. The summed E-state index contributed by atoms with van der Waals surface area (Å²) in [5, 5.41) is 4.79. The lowest BCUT2D eigenvalue weighted by atomic mass is 10.3. The van der Waals surface area contributed by atoms with Gasteiger partial charge < -0.3 is 15.4 Å². The van der Waals surface area contributed by atoms with Crippen molar-refractivity contribution in [3.05, 3.63) is 24.3 Å². The van der Waals surface area contributed by atoms with E-state index in [-0.39, 0.29) is 0 Å². The van der Waals surface area contributed by atoms with E-state index in [1.54, 1.807) is 24.3 Å². The van der Waals surface area contributed by atoms with Gasteiger partial charge in [0.25, 0.3) is 0 Å². The third-order valence-corrected chi connectivity index (χ3v) is 1.49. The molecule has 0 spiro atoms. The summed E-state index contributed by atoms with van der Waals surface area (Å²) < 4.78 is 4.83. The Kier molecular flexibility index (Phi) is 3.49. The van der Waals surface area contributed by atoms with Crippen LogP contribution in [-0.4, -0.2) is 19.6 Å². The molecule has 5 nitrogen and oxygen atoms in total. The number of anilines is 1. The molecule has 1 rings (SSSR count). The van der Waals surface area contributed by atoms with Gasteiger partial charge in [-0.2, -0.15) is 0 Å². The van der Waals surface area contributed by atoms with E-state index < -0.39 is 6.09 Å². The molecule has 0 radical (unpaired) electrons. The van der Waals surface area contributed by atoms with Crippen molar-refractivity contribution in [2.24, 2.45) is 0 Å². The highest BCUT2D eigenvalue weighted by molar-refractivity contribution is 5.72. The Morgan fingerprint density at radius 3 is 2.50 bits per heavy atom. The number of benzene rings is 1. The van der Waals surface area contributed by atoms with Crippen LogP contribution in [0.4, 0.5) is 10.5 Å². The quantitative estimate of drug-likeness (QED) is 0.704. The summed E-state index contributed by atoms with van der Waals surface area (Å²) in [6, 6.07) is 6.43. The van der Waals surface area contributed by atoms with Crippen molar-refractivity contribution in [1.29, 1.82) is 0 Å². The number of rotatable bonds is 3. The summed E-state index contributed by atoms with van der Waals surface area (Å²) in [5.41, 5.74) is 0.643. The van der Waals surface area contributed by atoms with E-state index in [9.17, 15) is 9.59 Å². The molecule has 0 aromatic heterocycles. The molecule has 0 saturated heterocycles. The Hall–Kier alpha value is -2.04. The normalized spacial score (nSPS) is 8.93. The average molecular weight is 194 g/mol. The predicted molar refractivity (Wildman–Crippen MR) is 51.2 cm³/mol. The highest BCUT2D eigenvalue weighted by Gasteiger charge is 2.00. The lowest BCUT2D eigenvalue weighted by Crippen LogP contribution is -2.21. The fourth-order valence-corrected chi connectivity index (χ4v) is 0.845. The molecule has 0 atom stereocenters. The van der Waals surface area contributed by atoms with Gasteiger partial charge in [-0.25, -0.2) is 4.79 Å². The summed E-state index contributed by atoms with van der Waals surface area (Å²) in [7, 11) is 1.48. The van der Waals surface area contributed by atoms with Crippen molar-refractivity contribution >= 4 is 18.2 Å². The van der Waals surface area contributed by atoms with Crippen LogP contribution >= 0.6 is 0 Å². The summed E-state index contributed by atoms with van der Waals surface area (Å²) >= 11 is 0. The molecular weight excluding hydrogens is 184 g/mol. The van der Waals surface area contributed by atoms with Crippen LogP contribution in [0.5, 0.6) is 5.75 Å². The summed E-state index contributed by atoms with van der Waals surface area (Å²) in [5.74, 6) is 0.417. The maximum absolute atomic E-state index is 10.8. The minimum atomic E-state index is -0.527. The Morgan fingerprint density at radius 2 is 2.00 bits per heavy atom. The van der Waals surface area contributed by atoms with Crippen LogP contribution in [0.15, 0.2) is 24.3 Å². The molecule has 1 aromatic carbocycles. The van der Waals surface area contributed by atoms with Gasteiger partial charge in [-0.3, -0.25) is 4.79 Å². The molecule has 14 heavy (non-hydrogen) atoms. The van der Waals surface area contributed by atoms with Crippen LogP contribution in [0.25, 0.3) is 0 Å². The van der Waals surface area contributed by atoms with Crippen molar-refractivity contribution in [3.8, 4) is 5.75 Å². The average Bonchev–Trinajstić information content (AvgIpc) is 2.21. The molecular formula is C9H10N2O3. The number of ether oxygens (including phenoxy) is 1. The molecule has 2 amide bonds. The molecule has 2 N–H and O–H groups in total. The second-order valence-corrected chi connectivity index (χ2v) is 2.43. The first-order chi connectivity index (χ1) is 6.76. The summed E-state index contributed by atoms with van der Waals surface area (Å²) in [6.07, 6.45) is 0.0512. The Balaban J connectivity index is 2.63. The van der Waals surface area contributed by atoms with Gasteiger partial charge >= 0.3 is 6.09 Å². The van der Waals surface area contributed by atoms with Crippen molar-refractivity contribution in [1.82, 2.24) is 5.32 Å². The van der Waals surface area contributed by atoms with E-state index in [2.05, 4.69) is 10.6 Å². The van der Waals surface area contributed by atoms with Gasteiger partial charge in [0.2, 0.25) is 6.41 Å². The topological polar surface area (TPSA) is 67.4 Å². The Morgan fingerprint density at radius 1 is 1.36 bits per heavy atom. The van der Waals surface area contributed by atoms with E-state index >= 15 is 0 Å². The second-order valence-electron chi connectivity index (χ2n) is 2.43. The molecule has 5 heteroatoms. The molecule has 0 aliphatic heterocycles. The first-order valence-corrected chi connectivity index (χ1v) is 3.96. The van der Waals surface area contributed by atoms with E-state index in [1.807, 2.05) is 0 Å². The predicted octanol–water partition coefficient (Wildman–Crippen LogP) is 0.973. The zero-order valence-electron chi connectivity index (χ0n) is 7.61. The van der Waals surface area contributed by atoms with E-state index in [0.717, 1.165) is 0 Å². The van der Waals surface area contributed by atoms with E-state index in [4.69, 9.17) is 4.74 Å². The first-order valence-electron chi connectivity index (χ1n) is 3.96. The van der Waals surface area contributed by atoms with E-state index in [1.165, 1.54) is 7.05 Å². The zero-order chi connectivity index (χ0) is 10.4. The van der Waals surface area contributed by atoms with Gasteiger partial charge in [0.05, 0.1) is 0 Å². The SMILES string of the molecule is CNC(=O)Oc1ccc(NC=O)cc1. The molecule has 1 aromatic rings. The maximum Gasteiger partial charge on any atom is 0.412 e. The molecule has 0 fully saturated rings. The standard InChI is InChI=1S/C9H10N2O3/c1-10-9(13)14-8-4-2-7(3-5-8)11-6-12/h2-6H,1H3,(H,10,13)(H,11,12). The van der Waals surface area contributed by atoms with Crippen LogP contribution in [0.2, 0.25) is 0 Å². The van der Waals surface area contributed by atoms with Crippen molar-refractivity contribution < 1.29 is 14.3 Å². The minimum Gasteiger partial charge on any atom is -0.410 e. The van der Waals surface area contributed by atoms with Gasteiger partial charge in [-0.15, -0.1) is 0 Å². The van der Waals surface area contributed by atoms with Gasteiger partial charge in [0.1, 0.15) is 5.75 Å². The van der Waals surface area contributed by atoms with E-state index in [0.29, 0.717) is 17.8 Å². The number of nitrogens with one attached hydrogen (secondary N) is 2. The van der Waals surface area contributed by atoms with Gasteiger partial charge in [-0.05, 0) is 24.3 Å². The Labute approximate surface area is 81.1 Å². The van der Waals surface area contributed by atoms with Crippen LogP contribution in [0.3, 0.4) is 0 Å². The van der Waals surface area contributed by atoms with Gasteiger partial charge in [-0.1, -0.05) is 0 Å². The van der Waals surface area contributed by atoms with Crippen molar-refractivity contribution in [3.63, 3.8) is 0 Å². The number of amides is 2. The van der Waals surface area contributed by atoms with Crippen LogP contribution in [0, 0.1) is 0 Å². The lowest BCUT2D eigenvalue weighted by molar-refractivity contribution is -0.105. The van der Waals surface area contributed by atoms with Crippen molar-refractivity contribution in [2.45, 2.75) is 0 Å². The van der Waals surface area contributed by atoms with Gasteiger partial charge in [0, 0.05) is 12.7 Å². The molecule has 0 unspecified atom stereocenters. The third kappa shape index (κ3) is 2.78. The van der Waals surface area contributed by atoms with Crippen LogP contribution < -0.4 is 15.4 Å².